The number of nitrogens with zero attached hydrogens (tertiary/aromatic N) is 1. The first-order chi connectivity index (χ1) is 8.54. The van der Waals surface area contributed by atoms with Crippen LogP contribution in [0, 0.1) is 12.3 Å². The summed E-state index contributed by atoms with van der Waals surface area (Å²) >= 11 is 0. The number of aromatic nitrogens is 1. The second-order valence-electron chi connectivity index (χ2n) is 5.36. The highest BCUT2D eigenvalue weighted by molar-refractivity contribution is 5.99. The van der Waals surface area contributed by atoms with Crippen LogP contribution in [-0.4, -0.2) is 17.4 Å². The molecule has 18 heavy (non-hydrogen) atoms. The predicted octanol–water partition coefficient (Wildman–Crippen LogP) is 1.60. The summed E-state index contributed by atoms with van der Waals surface area (Å²) in [5, 5.41) is 2.96. The van der Waals surface area contributed by atoms with E-state index in [9.17, 15) is 4.79 Å². The minimum atomic E-state index is -0.122. The highest BCUT2D eigenvalue weighted by atomic mass is 16.1. The number of hydrazine groups is 1. The Bertz CT molecular complexity index is 454. The summed E-state index contributed by atoms with van der Waals surface area (Å²) in [6.45, 7) is 4.77. The van der Waals surface area contributed by atoms with E-state index in [0.29, 0.717) is 17.8 Å². The summed E-state index contributed by atoms with van der Waals surface area (Å²) in [5.41, 5.74) is 4.74. The van der Waals surface area contributed by atoms with E-state index in [0.717, 1.165) is 5.69 Å². The summed E-state index contributed by atoms with van der Waals surface area (Å²) in [6.07, 6.45) is 5.18. The lowest BCUT2D eigenvalue weighted by atomic mass is 9.70. The molecule has 1 aromatic heterocycles. The van der Waals surface area contributed by atoms with E-state index in [-0.39, 0.29) is 11.3 Å². The molecule has 0 atom stereocenters. The van der Waals surface area contributed by atoms with Gasteiger partial charge in [-0.15, -0.1) is 0 Å². The van der Waals surface area contributed by atoms with E-state index in [1.54, 1.807) is 12.3 Å². The topological polar surface area (TPSA) is 80.0 Å². The number of aryl methyl sites for hydroxylation is 1. The maximum absolute atomic E-state index is 12.1. The van der Waals surface area contributed by atoms with Crippen molar-refractivity contribution in [2.24, 2.45) is 11.3 Å². The monoisotopic (exact) mass is 248 g/mol. The largest absolute Gasteiger partial charge is 0.351 e. The molecule has 0 unspecified atom stereocenters. The Labute approximate surface area is 107 Å². The zero-order chi connectivity index (χ0) is 13.2. The number of carbonyl (C=O) groups is 1. The van der Waals surface area contributed by atoms with Crippen molar-refractivity contribution in [3.05, 3.63) is 23.5 Å². The number of nitrogens with two attached hydrogens (primary N) is 1. The van der Waals surface area contributed by atoms with Crippen LogP contribution in [0.5, 0.6) is 0 Å². The zero-order valence-corrected chi connectivity index (χ0v) is 10.9. The van der Waals surface area contributed by atoms with Gasteiger partial charge >= 0.3 is 0 Å². The molecule has 0 aliphatic heterocycles. The summed E-state index contributed by atoms with van der Waals surface area (Å²) in [7, 11) is 0. The first kappa shape index (κ1) is 12.8. The molecule has 0 bridgehead atoms. The fraction of sp³-hybridized carbons (Fsp3) is 0.538. The molecule has 5 nitrogen and oxygen atoms in total. The molecule has 1 aliphatic rings. The van der Waals surface area contributed by atoms with Crippen LogP contribution in [-0.2, 0) is 0 Å². The smallest absolute Gasteiger partial charge is 0.255 e. The van der Waals surface area contributed by atoms with Gasteiger partial charge in [-0.3, -0.25) is 15.6 Å². The molecule has 0 aromatic carbocycles. The molecule has 0 radical (unpaired) electrons. The third-order valence-electron chi connectivity index (χ3n) is 3.68. The SMILES string of the molecule is Cc1cc(NN)c(C(=O)NCC2(C)CCC2)cn1. The lowest BCUT2D eigenvalue weighted by Gasteiger charge is -2.38. The molecule has 0 spiro atoms. The van der Waals surface area contributed by atoms with Crippen LogP contribution in [0.3, 0.4) is 0 Å². The number of amides is 1. The average Bonchev–Trinajstić information content (AvgIpc) is 2.33. The lowest BCUT2D eigenvalue weighted by Crippen LogP contribution is -2.40. The van der Waals surface area contributed by atoms with Crippen LogP contribution < -0.4 is 16.6 Å². The molecular formula is C13H20N4O. The molecule has 1 fully saturated rings. The van der Waals surface area contributed by atoms with Crippen molar-refractivity contribution in [1.29, 1.82) is 0 Å². The van der Waals surface area contributed by atoms with Crippen molar-refractivity contribution in [1.82, 2.24) is 10.3 Å². The standard InChI is InChI=1S/C13H20N4O/c1-9-6-11(17-14)10(7-15-9)12(18)16-8-13(2)4-3-5-13/h6-7H,3-5,8,14H2,1-2H3,(H,15,17)(H,16,18). The maximum Gasteiger partial charge on any atom is 0.255 e. The third kappa shape index (κ3) is 2.61. The molecule has 1 saturated carbocycles. The number of pyridine rings is 1. The van der Waals surface area contributed by atoms with Crippen LogP contribution in [0.2, 0.25) is 0 Å². The number of nitrogen functional groups attached to an aromatic ring is 1. The second-order valence-corrected chi connectivity index (χ2v) is 5.36. The number of rotatable bonds is 4. The van der Waals surface area contributed by atoms with Crippen LogP contribution in [0.1, 0.15) is 42.2 Å². The average molecular weight is 248 g/mol. The van der Waals surface area contributed by atoms with Gasteiger partial charge in [0.25, 0.3) is 5.91 Å². The van der Waals surface area contributed by atoms with Gasteiger partial charge in [-0.2, -0.15) is 0 Å². The van der Waals surface area contributed by atoms with Gasteiger partial charge in [-0.25, -0.2) is 0 Å². The second kappa shape index (κ2) is 4.94. The molecule has 4 N–H and O–H groups in total. The normalized spacial score (nSPS) is 16.8. The summed E-state index contributed by atoms with van der Waals surface area (Å²) in [4.78, 5) is 16.2. The summed E-state index contributed by atoms with van der Waals surface area (Å²) < 4.78 is 0. The minimum absolute atomic E-state index is 0.122. The van der Waals surface area contributed by atoms with Gasteiger partial charge in [0, 0.05) is 18.4 Å². The van der Waals surface area contributed by atoms with Gasteiger partial charge in [0.2, 0.25) is 0 Å². The molecule has 1 aliphatic carbocycles. The fourth-order valence-electron chi connectivity index (χ4n) is 2.21. The van der Waals surface area contributed by atoms with Crippen LogP contribution in [0.25, 0.3) is 0 Å². The molecular weight excluding hydrogens is 228 g/mol. The maximum atomic E-state index is 12.1. The fourth-order valence-corrected chi connectivity index (χ4v) is 2.21. The lowest BCUT2D eigenvalue weighted by molar-refractivity contribution is 0.0891. The highest BCUT2D eigenvalue weighted by Crippen LogP contribution is 2.39. The number of hydrogen-bond acceptors (Lipinski definition) is 4. The van der Waals surface area contributed by atoms with Crippen molar-refractivity contribution >= 4 is 11.6 Å². The molecule has 1 amide bonds. The van der Waals surface area contributed by atoms with Crippen LogP contribution >= 0.6 is 0 Å². The molecule has 5 heteroatoms. The molecule has 98 valence electrons. The zero-order valence-electron chi connectivity index (χ0n) is 10.9. The van der Waals surface area contributed by atoms with E-state index >= 15 is 0 Å². The Hall–Kier alpha value is -1.62. The van der Waals surface area contributed by atoms with Gasteiger partial charge in [-0.05, 0) is 31.2 Å². The van der Waals surface area contributed by atoms with Crippen molar-refractivity contribution in [3.63, 3.8) is 0 Å². The molecule has 0 saturated heterocycles. The Balaban J connectivity index is 2.04. The number of nitrogens with one attached hydrogen (secondary N) is 2. The number of anilines is 1. The van der Waals surface area contributed by atoms with Crippen molar-refractivity contribution in [2.75, 3.05) is 12.0 Å². The van der Waals surface area contributed by atoms with Crippen LogP contribution in [0.15, 0.2) is 12.3 Å². The minimum Gasteiger partial charge on any atom is -0.351 e. The van der Waals surface area contributed by atoms with Gasteiger partial charge in [-0.1, -0.05) is 13.3 Å². The first-order valence-electron chi connectivity index (χ1n) is 6.25. The van der Waals surface area contributed by atoms with Crippen molar-refractivity contribution < 1.29 is 4.79 Å². The number of carbonyl (C=O) groups excluding carboxylic acids is 1. The molecule has 2 rings (SSSR count). The van der Waals surface area contributed by atoms with Crippen molar-refractivity contribution in [3.8, 4) is 0 Å². The summed E-state index contributed by atoms with van der Waals surface area (Å²) in [5.74, 6) is 5.30. The van der Waals surface area contributed by atoms with Crippen molar-refractivity contribution in [2.45, 2.75) is 33.1 Å². The Kier molecular flexibility index (Phi) is 3.52. The van der Waals surface area contributed by atoms with E-state index in [1.165, 1.54) is 19.3 Å². The Morgan fingerprint density at radius 2 is 2.28 bits per heavy atom. The van der Waals surface area contributed by atoms with Gasteiger partial charge < -0.3 is 10.7 Å². The van der Waals surface area contributed by atoms with Gasteiger partial charge in [0.15, 0.2) is 0 Å². The third-order valence-corrected chi connectivity index (χ3v) is 3.68. The van der Waals surface area contributed by atoms with E-state index in [1.807, 2.05) is 6.92 Å². The van der Waals surface area contributed by atoms with Gasteiger partial charge in [0.05, 0.1) is 11.3 Å². The number of hydrogen-bond donors (Lipinski definition) is 3. The van der Waals surface area contributed by atoms with Crippen LogP contribution in [0.4, 0.5) is 5.69 Å². The molecule has 1 heterocycles. The highest BCUT2D eigenvalue weighted by Gasteiger charge is 2.32. The quantitative estimate of drug-likeness (QED) is 0.558. The predicted molar refractivity (Wildman–Crippen MR) is 71.1 cm³/mol. The molecule has 1 aromatic rings. The Morgan fingerprint density at radius 3 is 2.83 bits per heavy atom. The van der Waals surface area contributed by atoms with E-state index < -0.39 is 0 Å². The first-order valence-corrected chi connectivity index (χ1v) is 6.25. The van der Waals surface area contributed by atoms with E-state index in [2.05, 4.69) is 22.7 Å². The van der Waals surface area contributed by atoms with E-state index in [4.69, 9.17) is 5.84 Å². The summed E-state index contributed by atoms with van der Waals surface area (Å²) in [6, 6.07) is 1.76. The Morgan fingerprint density at radius 1 is 1.56 bits per heavy atom. The van der Waals surface area contributed by atoms with Gasteiger partial charge in [0.1, 0.15) is 0 Å².